The molecule has 1 saturated heterocycles. The van der Waals surface area contributed by atoms with Gasteiger partial charge in [0.25, 0.3) is 0 Å². The van der Waals surface area contributed by atoms with E-state index in [4.69, 9.17) is 22.1 Å². The summed E-state index contributed by atoms with van der Waals surface area (Å²) in [5.74, 6) is 0.555. The topological polar surface area (TPSA) is 68.7 Å². The van der Waals surface area contributed by atoms with Gasteiger partial charge in [-0.2, -0.15) is 5.10 Å². The van der Waals surface area contributed by atoms with Crippen molar-refractivity contribution < 1.29 is 4.74 Å². The second-order valence-corrected chi connectivity index (χ2v) is 5.79. The van der Waals surface area contributed by atoms with Crippen molar-refractivity contribution in [3.63, 3.8) is 0 Å². The highest BCUT2D eigenvalue weighted by Crippen LogP contribution is 2.20. The van der Waals surface area contributed by atoms with Crippen molar-refractivity contribution in [2.45, 2.75) is 6.04 Å². The molecule has 2 aromatic rings. The van der Waals surface area contributed by atoms with Gasteiger partial charge in [0.1, 0.15) is 0 Å². The van der Waals surface area contributed by atoms with Gasteiger partial charge in [-0.05, 0) is 23.8 Å². The van der Waals surface area contributed by atoms with Gasteiger partial charge < -0.3 is 15.4 Å². The van der Waals surface area contributed by atoms with Crippen molar-refractivity contribution in [1.29, 1.82) is 0 Å². The summed E-state index contributed by atoms with van der Waals surface area (Å²) < 4.78 is 7.22. The van der Waals surface area contributed by atoms with Crippen molar-refractivity contribution in [3.8, 4) is 0 Å². The lowest BCUT2D eigenvalue weighted by Gasteiger charge is -2.28. The molecule has 1 atom stereocenters. The Morgan fingerprint density at radius 2 is 2.04 bits per heavy atom. The van der Waals surface area contributed by atoms with E-state index in [2.05, 4.69) is 10.1 Å². The average molecular weight is 334 g/mol. The molecule has 3 rings (SSSR count). The summed E-state index contributed by atoms with van der Waals surface area (Å²) in [5, 5.41) is 5.06. The molecule has 1 aromatic carbocycles. The first-order valence-corrected chi connectivity index (χ1v) is 7.99. The van der Waals surface area contributed by atoms with Crippen LogP contribution in [0.25, 0.3) is 0 Å². The molecule has 1 aliphatic rings. The van der Waals surface area contributed by atoms with E-state index in [0.717, 1.165) is 18.7 Å². The van der Waals surface area contributed by atoms with E-state index in [1.165, 1.54) is 0 Å². The number of morpholine rings is 1. The molecule has 2 N–H and O–H groups in total. The average Bonchev–Trinajstić information content (AvgIpc) is 3.11. The molecule has 0 bridgehead atoms. The van der Waals surface area contributed by atoms with Gasteiger partial charge in [-0.25, -0.2) is 0 Å². The second-order valence-electron chi connectivity index (χ2n) is 5.35. The third-order valence-electron chi connectivity index (χ3n) is 3.86. The van der Waals surface area contributed by atoms with Crippen molar-refractivity contribution in [1.82, 2.24) is 14.7 Å². The lowest BCUT2D eigenvalue weighted by Crippen LogP contribution is -2.45. The number of hydrogen-bond acceptors (Lipinski definition) is 3. The summed E-state index contributed by atoms with van der Waals surface area (Å²) >= 11 is 5.98. The van der Waals surface area contributed by atoms with Gasteiger partial charge in [0, 0.05) is 30.5 Å². The van der Waals surface area contributed by atoms with Gasteiger partial charge in [0.05, 0.1) is 25.8 Å². The molecule has 0 radical (unpaired) electrons. The Kier molecular flexibility index (Phi) is 5.15. The van der Waals surface area contributed by atoms with Gasteiger partial charge in [0.2, 0.25) is 0 Å². The minimum absolute atomic E-state index is 0.0122. The number of guanidine groups is 1. The fourth-order valence-corrected chi connectivity index (χ4v) is 2.69. The van der Waals surface area contributed by atoms with Crippen molar-refractivity contribution in [2.75, 3.05) is 32.8 Å². The normalized spacial score (nSPS) is 17.3. The fraction of sp³-hybridized carbons (Fsp3) is 0.375. The Morgan fingerprint density at radius 1 is 1.30 bits per heavy atom. The molecule has 1 aliphatic heterocycles. The summed E-state index contributed by atoms with van der Waals surface area (Å²) in [7, 11) is 0. The molecular formula is C16H20ClN5O. The van der Waals surface area contributed by atoms with E-state index in [1.54, 1.807) is 6.20 Å². The van der Waals surface area contributed by atoms with Gasteiger partial charge in [0.15, 0.2) is 5.96 Å². The number of rotatable bonds is 4. The number of ether oxygens (including phenoxy) is 1. The van der Waals surface area contributed by atoms with E-state index in [-0.39, 0.29) is 6.04 Å². The quantitative estimate of drug-likeness (QED) is 0.684. The summed E-state index contributed by atoms with van der Waals surface area (Å²) in [6.45, 7) is 3.46. The molecule has 0 saturated carbocycles. The van der Waals surface area contributed by atoms with Crippen molar-refractivity contribution >= 4 is 17.6 Å². The second kappa shape index (κ2) is 7.48. The zero-order valence-corrected chi connectivity index (χ0v) is 13.6. The first-order valence-electron chi connectivity index (χ1n) is 7.61. The van der Waals surface area contributed by atoms with E-state index in [1.807, 2.05) is 46.1 Å². The Bertz CT molecular complexity index is 635. The van der Waals surface area contributed by atoms with E-state index < -0.39 is 0 Å². The number of nitrogens with zero attached hydrogens (tertiary/aromatic N) is 4. The van der Waals surface area contributed by atoms with Crippen LogP contribution in [0.1, 0.15) is 11.6 Å². The maximum absolute atomic E-state index is 6.12. The minimum Gasteiger partial charge on any atom is -0.378 e. The molecule has 1 aromatic heterocycles. The van der Waals surface area contributed by atoms with Gasteiger partial charge in [-0.3, -0.25) is 9.67 Å². The van der Waals surface area contributed by atoms with Crippen LogP contribution in [0.2, 0.25) is 5.02 Å². The predicted molar refractivity (Wildman–Crippen MR) is 90.7 cm³/mol. The van der Waals surface area contributed by atoms with E-state index >= 15 is 0 Å². The zero-order valence-electron chi connectivity index (χ0n) is 12.8. The van der Waals surface area contributed by atoms with Crippen LogP contribution < -0.4 is 5.73 Å². The largest absolute Gasteiger partial charge is 0.378 e. The smallest absolute Gasteiger partial charge is 0.191 e. The molecule has 23 heavy (non-hydrogen) atoms. The summed E-state index contributed by atoms with van der Waals surface area (Å²) in [6, 6.07) is 9.63. The molecule has 0 spiro atoms. The molecule has 2 heterocycles. The van der Waals surface area contributed by atoms with Crippen molar-refractivity contribution in [3.05, 3.63) is 53.3 Å². The number of aliphatic imine (C=N–C) groups is 1. The van der Waals surface area contributed by atoms with Crippen LogP contribution in [0.5, 0.6) is 0 Å². The Morgan fingerprint density at radius 3 is 2.70 bits per heavy atom. The molecule has 1 fully saturated rings. The predicted octanol–water partition coefficient (Wildman–Crippen LogP) is 1.77. The molecule has 7 heteroatoms. The van der Waals surface area contributed by atoms with Gasteiger partial charge in [-0.15, -0.1) is 0 Å². The summed E-state index contributed by atoms with van der Waals surface area (Å²) in [4.78, 5) is 6.62. The highest BCUT2D eigenvalue weighted by atomic mass is 35.5. The van der Waals surface area contributed by atoms with Crippen LogP contribution >= 0.6 is 11.6 Å². The highest BCUT2D eigenvalue weighted by Gasteiger charge is 2.16. The first kappa shape index (κ1) is 15.8. The molecular weight excluding hydrogens is 314 g/mol. The molecule has 6 nitrogen and oxygen atoms in total. The van der Waals surface area contributed by atoms with Crippen LogP contribution in [0.3, 0.4) is 0 Å². The standard InChI is InChI=1S/C16H20ClN5O/c17-14-4-2-13(3-5-14)15(22-7-1-6-20-22)12-19-16(18)21-8-10-23-11-9-21/h1-7,15H,8-12H2,(H2,18,19)/t15-/m1/s1. The van der Waals surface area contributed by atoms with Crippen molar-refractivity contribution in [2.24, 2.45) is 10.7 Å². The number of benzene rings is 1. The van der Waals surface area contributed by atoms with E-state index in [0.29, 0.717) is 30.7 Å². The zero-order chi connectivity index (χ0) is 16.1. The van der Waals surface area contributed by atoms with Crippen LogP contribution in [-0.2, 0) is 4.74 Å². The van der Waals surface area contributed by atoms with Gasteiger partial charge >= 0.3 is 0 Å². The van der Waals surface area contributed by atoms with Crippen LogP contribution in [0, 0.1) is 0 Å². The first-order chi connectivity index (χ1) is 11.2. The lowest BCUT2D eigenvalue weighted by molar-refractivity contribution is 0.0674. The number of aromatic nitrogens is 2. The number of nitrogens with two attached hydrogens (primary N) is 1. The Hall–Kier alpha value is -2.05. The molecule has 122 valence electrons. The number of hydrogen-bond donors (Lipinski definition) is 1. The van der Waals surface area contributed by atoms with Crippen LogP contribution in [0.4, 0.5) is 0 Å². The maximum atomic E-state index is 6.12. The third-order valence-corrected chi connectivity index (χ3v) is 4.11. The maximum Gasteiger partial charge on any atom is 0.191 e. The Balaban J connectivity index is 1.77. The fourth-order valence-electron chi connectivity index (χ4n) is 2.56. The minimum atomic E-state index is -0.0122. The van der Waals surface area contributed by atoms with E-state index in [9.17, 15) is 0 Å². The van der Waals surface area contributed by atoms with Gasteiger partial charge in [-0.1, -0.05) is 23.7 Å². The Labute approximate surface area is 140 Å². The SMILES string of the molecule is NC(=NC[C@H](c1ccc(Cl)cc1)n1cccn1)N1CCOCC1. The third kappa shape index (κ3) is 4.03. The molecule has 0 unspecified atom stereocenters. The highest BCUT2D eigenvalue weighted by molar-refractivity contribution is 6.30. The lowest BCUT2D eigenvalue weighted by atomic mass is 10.1. The monoisotopic (exact) mass is 333 g/mol. The summed E-state index contributed by atoms with van der Waals surface area (Å²) in [5.41, 5.74) is 7.22. The molecule has 0 aliphatic carbocycles. The molecule has 0 amide bonds. The number of halogens is 1. The van der Waals surface area contributed by atoms with Crippen LogP contribution in [0.15, 0.2) is 47.7 Å². The summed E-state index contributed by atoms with van der Waals surface area (Å²) in [6.07, 6.45) is 3.69. The van der Waals surface area contributed by atoms with Crippen LogP contribution in [-0.4, -0.2) is 53.5 Å².